The fraction of sp³-hybridized carbons (Fsp3) is 0.316. The number of anilines is 1. The molecule has 140 valence electrons. The van der Waals surface area contributed by atoms with Gasteiger partial charge in [0, 0.05) is 24.3 Å². The standard InChI is InChI=1S/C19H18FN4O3.K/c1-2-11-5-7-21-18-16(11)23-17(27-18)14-4-3-12(9-15(14)20)22-19(26)24-8-6-13(25)10-24;/h3-5,9,13,25H,2,6,8,10H2,1H3,(H,22,26);/q-1;+1/t13-;/m1./s1. The van der Waals surface area contributed by atoms with Crippen molar-refractivity contribution in [3.05, 3.63) is 41.8 Å². The average molecular weight is 408 g/mol. The number of aromatic nitrogens is 2. The van der Waals surface area contributed by atoms with Crippen LogP contribution in [0.15, 0.2) is 28.7 Å². The van der Waals surface area contributed by atoms with Gasteiger partial charge in [0.1, 0.15) is 11.5 Å². The summed E-state index contributed by atoms with van der Waals surface area (Å²) < 4.78 is 20.2. The van der Waals surface area contributed by atoms with Crippen molar-refractivity contribution in [3.8, 4) is 11.5 Å². The first-order valence-electron chi connectivity index (χ1n) is 8.75. The summed E-state index contributed by atoms with van der Waals surface area (Å²) in [6.07, 6.45) is 3.52. The second kappa shape index (κ2) is 8.98. The van der Waals surface area contributed by atoms with Crippen LogP contribution in [-0.2, 0) is 6.42 Å². The SMILES string of the molecule is CCc1c[c-]nc2oc(-c3ccc(NC(=O)N4CC[C@@H](O)C4)cc3F)nc12.[K+]. The minimum absolute atomic E-state index is 0. The molecule has 1 aromatic carbocycles. The molecule has 4 rings (SSSR count). The molecule has 2 N–H and O–H groups in total. The molecule has 1 atom stereocenters. The molecule has 3 heterocycles. The number of nitrogens with zero attached hydrogens (tertiary/aromatic N) is 3. The minimum Gasteiger partial charge on any atom is -0.481 e. The van der Waals surface area contributed by atoms with Gasteiger partial charge in [0.15, 0.2) is 0 Å². The van der Waals surface area contributed by atoms with Crippen molar-refractivity contribution in [2.24, 2.45) is 0 Å². The molecule has 1 saturated heterocycles. The van der Waals surface area contributed by atoms with Gasteiger partial charge in [0.05, 0.1) is 11.7 Å². The second-order valence-corrected chi connectivity index (χ2v) is 6.45. The number of rotatable bonds is 3. The number of pyridine rings is 1. The van der Waals surface area contributed by atoms with Crippen LogP contribution in [0.5, 0.6) is 0 Å². The molecule has 0 spiro atoms. The van der Waals surface area contributed by atoms with Crippen LogP contribution in [0, 0.1) is 12.0 Å². The van der Waals surface area contributed by atoms with Gasteiger partial charge in [0.25, 0.3) is 0 Å². The molecule has 0 aliphatic carbocycles. The zero-order chi connectivity index (χ0) is 19.0. The van der Waals surface area contributed by atoms with E-state index in [9.17, 15) is 14.3 Å². The number of oxazole rings is 1. The van der Waals surface area contributed by atoms with E-state index >= 15 is 0 Å². The number of fused-ring (bicyclic) bond motifs is 1. The molecule has 7 nitrogen and oxygen atoms in total. The van der Waals surface area contributed by atoms with Crippen LogP contribution in [0.1, 0.15) is 18.9 Å². The molecule has 0 radical (unpaired) electrons. The van der Waals surface area contributed by atoms with E-state index in [0.29, 0.717) is 29.9 Å². The molecule has 1 aliphatic heterocycles. The fourth-order valence-corrected chi connectivity index (χ4v) is 3.11. The average Bonchev–Trinajstić information content (AvgIpc) is 3.27. The van der Waals surface area contributed by atoms with Gasteiger partial charge < -0.3 is 24.7 Å². The Morgan fingerprint density at radius 1 is 1.50 bits per heavy atom. The smallest absolute Gasteiger partial charge is 0.481 e. The van der Waals surface area contributed by atoms with Crippen LogP contribution >= 0.6 is 0 Å². The van der Waals surface area contributed by atoms with E-state index < -0.39 is 11.9 Å². The van der Waals surface area contributed by atoms with Crippen molar-refractivity contribution in [1.29, 1.82) is 0 Å². The van der Waals surface area contributed by atoms with Crippen molar-refractivity contribution >= 4 is 22.9 Å². The van der Waals surface area contributed by atoms with Crippen LogP contribution in [0.2, 0.25) is 0 Å². The molecule has 28 heavy (non-hydrogen) atoms. The van der Waals surface area contributed by atoms with E-state index in [1.807, 2.05) is 6.92 Å². The normalized spacial score (nSPS) is 16.2. The monoisotopic (exact) mass is 408 g/mol. The summed E-state index contributed by atoms with van der Waals surface area (Å²) in [5.41, 5.74) is 2.33. The number of hydrogen-bond acceptors (Lipinski definition) is 5. The van der Waals surface area contributed by atoms with Crippen LogP contribution in [0.25, 0.3) is 22.7 Å². The van der Waals surface area contributed by atoms with Gasteiger partial charge in [-0.15, -0.1) is 5.56 Å². The maximum Gasteiger partial charge on any atom is 1.00 e. The van der Waals surface area contributed by atoms with Gasteiger partial charge >= 0.3 is 57.4 Å². The third-order valence-corrected chi connectivity index (χ3v) is 4.60. The topological polar surface area (TPSA) is 91.5 Å². The fourth-order valence-electron chi connectivity index (χ4n) is 3.11. The second-order valence-electron chi connectivity index (χ2n) is 6.45. The van der Waals surface area contributed by atoms with E-state index in [0.717, 1.165) is 12.0 Å². The number of halogens is 1. The molecule has 3 aromatic rings. The molecular weight excluding hydrogens is 390 g/mol. The molecule has 0 saturated carbocycles. The summed E-state index contributed by atoms with van der Waals surface area (Å²) in [5, 5.41) is 12.1. The number of carbonyl (C=O) groups is 1. The number of aryl methyl sites for hydroxylation is 1. The van der Waals surface area contributed by atoms with Crippen LogP contribution < -0.4 is 56.7 Å². The third-order valence-electron chi connectivity index (χ3n) is 4.60. The Bertz CT molecular complexity index is 1010. The molecule has 9 heteroatoms. The molecule has 0 unspecified atom stereocenters. The Kier molecular flexibility index (Phi) is 6.84. The van der Waals surface area contributed by atoms with Crippen molar-refractivity contribution in [1.82, 2.24) is 14.9 Å². The molecule has 0 bridgehead atoms. The summed E-state index contributed by atoms with van der Waals surface area (Å²) in [6.45, 7) is 2.73. The summed E-state index contributed by atoms with van der Waals surface area (Å²) in [7, 11) is 0. The summed E-state index contributed by atoms with van der Waals surface area (Å²) in [4.78, 5) is 22.0. The van der Waals surface area contributed by atoms with E-state index in [1.165, 1.54) is 17.0 Å². The third kappa shape index (κ3) is 4.29. The van der Waals surface area contributed by atoms with Gasteiger partial charge in [-0.1, -0.05) is 19.5 Å². The van der Waals surface area contributed by atoms with E-state index in [1.54, 1.807) is 12.1 Å². The number of likely N-dealkylation sites (tertiary alicyclic amines) is 1. The number of amides is 2. The Labute approximate surface area is 203 Å². The number of hydrogen-bond donors (Lipinski definition) is 2. The maximum absolute atomic E-state index is 14.6. The molecule has 2 aromatic heterocycles. The first-order chi connectivity index (χ1) is 13.0. The number of aliphatic hydroxyl groups excluding tert-OH is 1. The van der Waals surface area contributed by atoms with Gasteiger partial charge in [-0.25, -0.2) is 14.2 Å². The van der Waals surface area contributed by atoms with E-state index in [4.69, 9.17) is 4.42 Å². The van der Waals surface area contributed by atoms with Crippen molar-refractivity contribution in [3.63, 3.8) is 0 Å². The van der Waals surface area contributed by atoms with Gasteiger partial charge in [-0.2, -0.15) is 6.07 Å². The van der Waals surface area contributed by atoms with Crippen LogP contribution in [-0.4, -0.2) is 45.2 Å². The zero-order valence-electron chi connectivity index (χ0n) is 15.7. The molecule has 1 fully saturated rings. The molecule has 2 amide bonds. The molecule has 1 aliphatic rings. The number of nitrogens with one attached hydrogen (secondary N) is 1. The van der Waals surface area contributed by atoms with Crippen molar-refractivity contribution < 1.29 is 70.1 Å². The largest absolute Gasteiger partial charge is 1.00 e. The van der Waals surface area contributed by atoms with Gasteiger partial charge in [0.2, 0.25) is 5.89 Å². The van der Waals surface area contributed by atoms with Crippen molar-refractivity contribution in [2.45, 2.75) is 25.9 Å². The molecular formula is C19H18FKN4O3. The Balaban J connectivity index is 0.00000225. The van der Waals surface area contributed by atoms with Crippen LogP contribution in [0.4, 0.5) is 14.9 Å². The summed E-state index contributed by atoms with van der Waals surface area (Å²) >= 11 is 0. The van der Waals surface area contributed by atoms with Gasteiger partial charge in [-0.05, 0) is 24.6 Å². The summed E-state index contributed by atoms with van der Waals surface area (Å²) in [6, 6.07) is 5.67. The Morgan fingerprint density at radius 2 is 2.32 bits per heavy atom. The maximum atomic E-state index is 14.6. The van der Waals surface area contributed by atoms with Gasteiger partial charge in [-0.3, -0.25) is 0 Å². The number of carbonyl (C=O) groups excluding carboxylic acids is 1. The predicted octanol–water partition coefficient (Wildman–Crippen LogP) is -0.00601. The first-order valence-corrected chi connectivity index (χ1v) is 8.75. The zero-order valence-corrected chi connectivity index (χ0v) is 18.8. The quantitative estimate of drug-likeness (QED) is 0.470. The number of aliphatic hydroxyl groups is 1. The van der Waals surface area contributed by atoms with E-state index in [-0.39, 0.29) is 75.4 Å². The Morgan fingerprint density at radius 3 is 3.00 bits per heavy atom. The number of urea groups is 1. The number of β-amino-alcohol motifs (C(OH)–C–C–N with tert-alkyl or cyclic N) is 1. The summed E-state index contributed by atoms with van der Waals surface area (Å²) in [5.74, 6) is -0.437. The van der Waals surface area contributed by atoms with Crippen LogP contribution in [0.3, 0.4) is 0 Å². The number of benzene rings is 1. The minimum atomic E-state index is -0.567. The first kappa shape index (κ1) is 21.3. The predicted molar refractivity (Wildman–Crippen MR) is 96.6 cm³/mol. The van der Waals surface area contributed by atoms with E-state index in [2.05, 4.69) is 21.5 Å². The Hall–Kier alpha value is -1.36. The van der Waals surface area contributed by atoms with Crippen molar-refractivity contribution in [2.75, 3.05) is 18.4 Å².